The second-order valence-corrected chi connectivity index (χ2v) is 8.21. The molecule has 4 rings (SSSR count). The Balaban J connectivity index is 1.48. The third-order valence-corrected chi connectivity index (χ3v) is 6.09. The molecule has 0 saturated carbocycles. The molecular weight excluding hydrogens is 378 g/mol. The molecule has 2 aromatic rings. The van der Waals surface area contributed by atoms with Crippen molar-refractivity contribution in [1.29, 1.82) is 0 Å². The van der Waals surface area contributed by atoms with E-state index in [9.17, 15) is 9.59 Å². The van der Waals surface area contributed by atoms with E-state index in [0.717, 1.165) is 12.8 Å². The van der Waals surface area contributed by atoms with Crippen LogP contribution in [0.5, 0.6) is 0 Å². The molecule has 2 aliphatic heterocycles. The van der Waals surface area contributed by atoms with Crippen LogP contribution in [-0.4, -0.2) is 53.9 Å². The first-order chi connectivity index (χ1) is 14.5. The molecule has 0 bridgehead atoms. The number of fused-ring (bicyclic) bond motifs is 2. The van der Waals surface area contributed by atoms with Crippen molar-refractivity contribution in [2.24, 2.45) is 0 Å². The second kappa shape index (κ2) is 8.93. The lowest BCUT2D eigenvalue weighted by atomic mass is 10.1. The number of para-hydroxylation sites is 1. The Bertz CT molecular complexity index is 931. The third kappa shape index (κ3) is 4.22. The fourth-order valence-corrected chi connectivity index (χ4v) is 4.32. The number of nitrogens with zero attached hydrogens (tertiary/aromatic N) is 3. The molecule has 0 radical (unpaired) electrons. The topological polar surface area (TPSA) is 77.6 Å². The van der Waals surface area contributed by atoms with Crippen molar-refractivity contribution in [2.75, 3.05) is 30.4 Å². The first-order valence-corrected chi connectivity index (χ1v) is 10.7. The zero-order chi connectivity index (χ0) is 21.1. The van der Waals surface area contributed by atoms with E-state index in [1.165, 1.54) is 19.4 Å². The average molecular weight is 408 g/mol. The Morgan fingerprint density at radius 1 is 1.30 bits per heavy atom. The van der Waals surface area contributed by atoms with Gasteiger partial charge in [0.2, 0.25) is 5.91 Å². The molecule has 1 fully saturated rings. The van der Waals surface area contributed by atoms with Crippen molar-refractivity contribution in [1.82, 2.24) is 15.2 Å². The summed E-state index contributed by atoms with van der Waals surface area (Å²) in [6.07, 6.45) is 6.32. The number of pyridine rings is 1. The molecule has 0 spiro atoms. The molecule has 2 atom stereocenters. The molecule has 2 N–H and O–H groups in total. The van der Waals surface area contributed by atoms with Crippen LogP contribution in [-0.2, 0) is 4.79 Å². The zero-order valence-corrected chi connectivity index (χ0v) is 17.6. The van der Waals surface area contributed by atoms with E-state index in [2.05, 4.69) is 34.5 Å². The van der Waals surface area contributed by atoms with Gasteiger partial charge in [0, 0.05) is 18.3 Å². The van der Waals surface area contributed by atoms with Crippen LogP contribution in [0.2, 0.25) is 0 Å². The molecular formula is C23H29N5O2. The Morgan fingerprint density at radius 2 is 2.13 bits per heavy atom. The monoisotopic (exact) mass is 407 g/mol. The van der Waals surface area contributed by atoms with Gasteiger partial charge in [-0.15, -0.1) is 0 Å². The predicted octanol–water partition coefficient (Wildman–Crippen LogP) is 3.16. The van der Waals surface area contributed by atoms with Gasteiger partial charge in [-0.25, -0.2) is 4.98 Å². The van der Waals surface area contributed by atoms with E-state index in [-0.39, 0.29) is 24.4 Å². The first-order valence-electron chi connectivity index (χ1n) is 10.7. The molecule has 1 saturated heterocycles. The standard InChI is InChI=1S/C23H29N5O2/c1-16(11-12-17-7-6-14-27(17)2)25-15-21(29)28-20-10-4-3-8-18(20)23(30)26-19-9-5-13-24-22(19)28/h3-5,8-10,13,16-17,25H,6-7,11-12,14-15H2,1-2H3,(H,26,30). The number of aromatic nitrogens is 1. The fourth-order valence-electron chi connectivity index (χ4n) is 4.32. The Kier molecular flexibility index (Phi) is 6.11. The summed E-state index contributed by atoms with van der Waals surface area (Å²) in [4.78, 5) is 34.3. The number of hydrogen-bond donors (Lipinski definition) is 2. The maximum absolute atomic E-state index is 13.3. The second-order valence-electron chi connectivity index (χ2n) is 8.21. The van der Waals surface area contributed by atoms with Crippen LogP contribution in [0.1, 0.15) is 43.0 Å². The summed E-state index contributed by atoms with van der Waals surface area (Å²) in [5.41, 5.74) is 1.55. The van der Waals surface area contributed by atoms with Crippen molar-refractivity contribution in [2.45, 2.75) is 44.7 Å². The minimum atomic E-state index is -0.239. The molecule has 2 aliphatic rings. The summed E-state index contributed by atoms with van der Waals surface area (Å²) in [6.45, 7) is 3.48. The summed E-state index contributed by atoms with van der Waals surface area (Å²) >= 11 is 0. The molecule has 158 valence electrons. The molecule has 1 aromatic carbocycles. The highest BCUT2D eigenvalue weighted by molar-refractivity contribution is 6.17. The molecule has 2 amide bonds. The van der Waals surface area contributed by atoms with Gasteiger partial charge in [-0.3, -0.25) is 14.5 Å². The van der Waals surface area contributed by atoms with Crippen molar-refractivity contribution in [3.63, 3.8) is 0 Å². The lowest BCUT2D eigenvalue weighted by molar-refractivity contribution is -0.117. The van der Waals surface area contributed by atoms with Crippen LogP contribution < -0.4 is 15.5 Å². The lowest BCUT2D eigenvalue weighted by Crippen LogP contribution is -2.40. The molecule has 0 aliphatic carbocycles. The van der Waals surface area contributed by atoms with Crippen molar-refractivity contribution < 1.29 is 9.59 Å². The molecule has 7 nitrogen and oxygen atoms in total. The van der Waals surface area contributed by atoms with Crippen LogP contribution in [0.3, 0.4) is 0 Å². The fraction of sp³-hybridized carbons (Fsp3) is 0.435. The summed E-state index contributed by atoms with van der Waals surface area (Å²) in [5.74, 6) is 0.0729. The maximum atomic E-state index is 13.3. The minimum Gasteiger partial charge on any atom is -0.319 e. The van der Waals surface area contributed by atoms with Gasteiger partial charge in [0.1, 0.15) is 0 Å². The number of benzene rings is 1. The van der Waals surface area contributed by atoms with E-state index in [1.807, 2.05) is 6.07 Å². The lowest BCUT2D eigenvalue weighted by Gasteiger charge is -2.25. The average Bonchev–Trinajstić information content (AvgIpc) is 3.11. The van der Waals surface area contributed by atoms with Crippen LogP contribution >= 0.6 is 0 Å². The number of nitrogens with one attached hydrogen (secondary N) is 2. The molecule has 7 heteroatoms. The van der Waals surface area contributed by atoms with Crippen molar-refractivity contribution in [3.05, 3.63) is 48.2 Å². The van der Waals surface area contributed by atoms with Crippen LogP contribution in [0.25, 0.3) is 0 Å². The van der Waals surface area contributed by atoms with Gasteiger partial charge < -0.3 is 15.5 Å². The van der Waals surface area contributed by atoms with E-state index < -0.39 is 0 Å². The van der Waals surface area contributed by atoms with Crippen molar-refractivity contribution >= 4 is 29.0 Å². The van der Waals surface area contributed by atoms with Gasteiger partial charge in [-0.1, -0.05) is 12.1 Å². The molecule has 2 unspecified atom stereocenters. The molecule has 1 aromatic heterocycles. The van der Waals surface area contributed by atoms with E-state index in [1.54, 1.807) is 41.4 Å². The summed E-state index contributed by atoms with van der Waals surface area (Å²) in [7, 11) is 2.19. The van der Waals surface area contributed by atoms with Crippen molar-refractivity contribution in [3.8, 4) is 0 Å². The summed E-state index contributed by atoms with van der Waals surface area (Å²) < 4.78 is 0. The Hall–Kier alpha value is -2.77. The van der Waals surface area contributed by atoms with Crippen LogP contribution in [0, 0.1) is 0 Å². The predicted molar refractivity (Wildman–Crippen MR) is 118 cm³/mol. The van der Waals surface area contributed by atoms with Gasteiger partial charge >= 0.3 is 0 Å². The van der Waals surface area contributed by atoms with E-state index in [4.69, 9.17) is 0 Å². The van der Waals surface area contributed by atoms with E-state index >= 15 is 0 Å². The van der Waals surface area contributed by atoms with Gasteiger partial charge in [0.15, 0.2) is 5.82 Å². The number of amides is 2. The molecule has 3 heterocycles. The summed E-state index contributed by atoms with van der Waals surface area (Å²) in [6, 6.07) is 11.5. The number of carbonyl (C=O) groups is 2. The van der Waals surface area contributed by atoms with Crippen LogP contribution in [0.15, 0.2) is 42.6 Å². The van der Waals surface area contributed by atoms with Crippen LogP contribution in [0.4, 0.5) is 17.2 Å². The minimum absolute atomic E-state index is 0.135. The maximum Gasteiger partial charge on any atom is 0.257 e. The Labute approximate surface area is 177 Å². The smallest absolute Gasteiger partial charge is 0.257 e. The highest BCUT2D eigenvalue weighted by Gasteiger charge is 2.30. The first kappa shape index (κ1) is 20.5. The summed E-state index contributed by atoms with van der Waals surface area (Å²) in [5, 5.41) is 6.23. The number of anilines is 3. The molecule has 30 heavy (non-hydrogen) atoms. The Morgan fingerprint density at radius 3 is 2.93 bits per heavy atom. The normalized spacial score (nSPS) is 19.6. The largest absolute Gasteiger partial charge is 0.319 e. The van der Waals surface area contributed by atoms with E-state index in [0.29, 0.717) is 28.8 Å². The highest BCUT2D eigenvalue weighted by atomic mass is 16.2. The number of carbonyl (C=O) groups excluding carboxylic acids is 2. The van der Waals surface area contributed by atoms with Gasteiger partial charge in [0.25, 0.3) is 5.91 Å². The number of likely N-dealkylation sites (tertiary alicyclic amines) is 1. The number of hydrogen-bond acceptors (Lipinski definition) is 5. The SMILES string of the molecule is CC(CCC1CCCN1C)NCC(=O)N1c2ccccc2C(=O)Nc2cccnc21. The zero-order valence-electron chi connectivity index (χ0n) is 17.6. The third-order valence-electron chi connectivity index (χ3n) is 6.09. The van der Waals surface area contributed by atoms with Gasteiger partial charge in [0.05, 0.1) is 23.5 Å². The number of rotatable bonds is 6. The quantitative estimate of drug-likeness (QED) is 0.769. The van der Waals surface area contributed by atoms with Gasteiger partial charge in [-0.05, 0) is 70.5 Å². The highest BCUT2D eigenvalue weighted by Crippen LogP contribution is 2.36. The van der Waals surface area contributed by atoms with Gasteiger partial charge in [-0.2, -0.15) is 0 Å².